The number of benzene rings is 3. The molecular weight excluding hydrogens is 593 g/mol. The summed E-state index contributed by atoms with van der Waals surface area (Å²) in [5.74, 6) is 0. The molecular formula is C45H48BN3. The Morgan fingerprint density at radius 3 is 0.837 bits per heavy atom. The summed E-state index contributed by atoms with van der Waals surface area (Å²) in [7, 11) is 0. The molecule has 0 atom stereocenters. The molecule has 6 aromatic rings. The van der Waals surface area contributed by atoms with Crippen LogP contribution in [0.2, 0.25) is 0 Å². The minimum atomic E-state index is -0.00623. The Morgan fingerprint density at radius 1 is 0.347 bits per heavy atom. The zero-order chi connectivity index (χ0) is 35.3. The van der Waals surface area contributed by atoms with Crippen LogP contribution in [0.15, 0.2) is 73.2 Å². The van der Waals surface area contributed by atoms with Crippen LogP contribution in [0, 0.1) is 83.1 Å². The molecule has 4 heteroatoms. The summed E-state index contributed by atoms with van der Waals surface area (Å²) in [5.41, 5.74) is 26.1. The van der Waals surface area contributed by atoms with Crippen molar-refractivity contribution >= 4 is 23.1 Å². The number of pyridine rings is 3. The highest BCUT2D eigenvalue weighted by Gasteiger charge is 2.34. The lowest BCUT2D eigenvalue weighted by Gasteiger charge is -2.31. The van der Waals surface area contributed by atoms with Crippen LogP contribution in [-0.2, 0) is 0 Å². The third-order valence-electron chi connectivity index (χ3n) is 10.6. The lowest BCUT2D eigenvalue weighted by atomic mass is 9.32. The zero-order valence-electron chi connectivity index (χ0n) is 31.3. The first kappa shape index (κ1) is 34.1. The van der Waals surface area contributed by atoms with Gasteiger partial charge in [0.1, 0.15) is 0 Å². The van der Waals surface area contributed by atoms with Gasteiger partial charge in [0.25, 0.3) is 0 Å². The Hall–Kier alpha value is -4.83. The second kappa shape index (κ2) is 13.2. The molecule has 0 saturated carbocycles. The van der Waals surface area contributed by atoms with Crippen molar-refractivity contribution < 1.29 is 0 Å². The molecule has 0 aliphatic carbocycles. The van der Waals surface area contributed by atoms with E-state index in [0.29, 0.717) is 0 Å². The van der Waals surface area contributed by atoms with Crippen molar-refractivity contribution in [2.75, 3.05) is 0 Å². The zero-order valence-corrected chi connectivity index (χ0v) is 31.3. The monoisotopic (exact) mass is 641 g/mol. The fourth-order valence-corrected chi connectivity index (χ4v) is 8.55. The largest absolute Gasteiger partial charge is 0.261 e. The molecule has 3 heterocycles. The molecule has 0 N–H and O–H groups in total. The van der Waals surface area contributed by atoms with Gasteiger partial charge in [-0.3, -0.25) is 15.0 Å². The number of hydrogen-bond donors (Lipinski definition) is 0. The summed E-state index contributed by atoms with van der Waals surface area (Å²) in [6.07, 6.45) is 6.11. The average molecular weight is 642 g/mol. The Bertz CT molecular complexity index is 1960. The van der Waals surface area contributed by atoms with Crippen molar-refractivity contribution in [2.24, 2.45) is 0 Å². The number of nitrogens with zero attached hydrogens (tertiary/aromatic N) is 3. The van der Waals surface area contributed by atoms with Crippen LogP contribution in [0.4, 0.5) is 0 Å². The van der Waals surface area contributed by atoms with Crippen LogP contribution < -0.4 is 16.4 Å². The molecule has 6 rings (SSSR count). The molecule has 49 heavy (non-hydrogen) atoms. The van der Waals surface area contributed by atoms with Gasteiger partial charge in [-0.1, -0.05) is 69.5 Å². The molecule has 3 aromatic heterocycles. The van der Waals surface area contributed by atoms with Crippen LogP contribution in [-0.4, -0.2) is 21.7 Å². The maximum atomic E-state index is 4.72. The molecule has 0 bridgehead atoms. The van der Waals surface area contributed by atoms with Crippen LogP contribution in [0.3, 0.4) is 0 Å². The first-order valence-electron chi connectivity index (χ1n) is 17.4. The minimum Gasteiger partial charge on any atom is -0.261 e. The van der Waals surface area contributed by atoms with E-state index >= 15 is 0 Å². The third-order valence-corrected chi connectivity index (χ3v) is 10.6. The highest BCUT2D eigenvalue weighted by Crippen LogP contribution is 2.33. The molecule has 0 amide bonds. The van der Waals surface area contributed by atoms with Crippen LogP contribution in [0.25, 0.3) is 33.4 Å². The van der Waals surface area contributed by atoms with Gasteiger partial charge in [-0.15, -0.1) is 0 Å². The Labute approximate surface area is 294 Å². The van der Waals surface area contributed by atoms with Gasteiger partial charge in [0.15, 0.2) is 0 Å². The molecule has 0 aliphatic heterocycles. The molecule has 0 radical (unpaired) electrons. The van der Waals surface area contributed by atoms with Crippen molar-refractivity contribution in [3.05, 3.63) is 140 Å². The summed E-state index contributed by atoms with van der Waals surface area (Å²) in [6.45, 7) is 26.7. The average Bonchev–Trinajstić information content (AvgIpc) is 3.03. The van der Waals surface area contributed by atoms with E-state index < -0.39 is 0 Å². The van der Waals surface area contributed by atoms with E-state index in [2.05, 4.69) is 117 Å². The van der Waals surface area contributed by atoms with E-state index in [9.17, 15) is 0 Å². The molecule has 0 fully saturated rings. The molecule has 0 aliphatic rings. The summed E-state index contributed by atoms with van der Waals surface area (Å²) in [4.78, 5) is 14.2. The summed E-state index contributed by atoms with van der Waals surface area (Å²) < 4.78 is 0. The van der Waals surface area contributed by atoms with E-state index in [4.69, 9.17) is 15.0 Å². The van der Waals surface area contributed by atoms with Crippen molar-refractivity contribution in [2.45, 2.75) is 83.1 Å². The fraction of sp³-hybridized carbons (Fsp3) is 0.267. The van der Waals surface area contributed by atoms with E-state index in [1.54, 1.807) is 0 Å². The van der Waals surface area contributed by atoms with Crippen molar-refractivity contribution in [1.82, 2.24) is 15.0 Å². The fourth-order valence-electron chi connectivity index (χ4n) is 8.55. The minimum absolute atomic E-state index is 0.00623. The van der Waals surface area contributed by atoms with Gasteiger partial charge in [0.2, 0.25) is 6.71 Å². The smallest absolute Gasteiger partial charge is 0.243 e. The molecule has 246 valence electrons. The van der Waals surface area contributed by atoms with Crippen LogP contribution in [0.1, 0.15) is 67.2 Å². The Kier molecular flexibility index (Phi) is 9.20. The van der Waals surface area contributed by atoms with Gasteiger partial charge in [-0.05, 0) is 151 Å². The van der Waals surface area contributed by atoms with E-state index in [1.807, 2.05) is 39.4 Å². The molecule has 0 spiro atoms. The molecule has 3 aromatic carbocycles. The van der Waals surface area contributed by atoms with Gasteiger partial charge in [0, 0.05) is 52.4 Å². The summed E-state index contributed by atoms with van der Waals surface area (Å²) in [6, 6.07) is 20.2. The first-order chi connectivity index (χ1) is 23.3. The SMILES string of the molecule is Cc1ccc(-c2c(C)cc(C)c(B(c3c(C)cc(C)c(-c4ccc(C)nc4)c3C)c3c(C)cc(C)c(-c4ccc(C)nc4)c3C)c2C)cn1. The maximum absolute atomic E-state index is 4.72. The normalized spacial score (nSPS) is 11.3. The van der Waals surface area contributed by atoms with Gasteiger partial charge >= 0.3 is 0 Å². The molecule has 0 unspecified atom stereocenters. The maximum Gasteiger partial charge on any atom is 0.243 e. The van der Waals surface area contributed by atoms with Crippen molar-refractivity contribution in [1.29, 1.82) is 0 Å². The second-order valence-electron chi connectivity index (χ2n) is 14.3. The third kappa shape index (κ3) is 6.14. The summed E-state index contributed by atoms with van der Waals surface area (Å²) >= 11 is 0. The van der Waals surface area contributed by atoms with E-state index in [0.717, 1.165) is 33.8 Å². The molecule has 0 saturated heterocycles. The topological polar surface area (TPSA) is 38.7 Å². The lowest BCUT2D eigenvalue weighted by Crippen LogP contribution is -2.58. The van der Waals surface area contributed by atoms with Gasteiger partial charge in [-0.25, -0.2) is 0 Å². The van der Waals surface area contributed by atoms with Crippen molar-refractivity contribution in [3.63, 3.8) is 0 Å². The summed E-state index contributed by atoms with van der Waals surface area (Å²) in [5, 5.41) is 0. The highest BCUT2D eigenvalue weighted by molar-refractivity contribution is 6.97. The Balaban J connectivity index is 1.76. The highest BCUT2D eigenvalue weighted by atomic mass is 14.7. The van der Waals surface area contributed by atoms with Gasteiger partial charge in [-0.2, -0.15) is 0 Å². The van der Waals surface area contributed by atoms with Crippen LogP contribution >= 0.6 is 0 Å². The van der Waals surface area contributed by atoms with E-state index in [-0.39, 0.29) is 6.71 Å². The predicted molar refractivity (Wildman–Crippen MR) is 211 cm³/mol. The standard InChI is InChI=1S/C45H48BN3/c1-25-19-28(4)43(34(10)40(25)37-16-13-31(7)47-22-37)46(44-29(5)20-26(2)41(35(44)11)38-17-14-32(8)48-23-38)45-30(6)21-27(3)42(36(45)12)39-18-15-33(9)49-24-39/h13-24H,1-12H3. The number of hydrogen-bond acceptors (Lipinski definition) is 3. The Morgan fingerprint density at radius 2 is 0.612 bits per heavy atom. The predicted octanol–water partition coefficient (Wildman–Crippen LogP) is 9.09. The van der Waals surface area contributed by atoms with E-state index in [1.165, 1.54) is 83.1 Å². The number of aryl methyl sites for hydroxylation is 9. The number of aromatic nitrogens is 3. The van der Waals surface area contributed by atoms with Gasteiger partial charge in [0.05, 0.1) is 0 Å². The lowest BCUT2D eigenvalue weighted by molar-refractivity contribution is 1.20. The first-order valence-corrected chi connectivity index (χ1v) is 17.4. The second-order valence-corrected chi connectivity index (χ2v) is 14.3. The van der Waals surface area contributed by atoms with Gasteiger partial charge < -0.3 is 0 Å². The molecule has 3 nitrogen and oxygen atoms in total. The number of rotatable bonds is 6. The van der Waals surface area contributed by atoms with Crippen LogP contribution in [0.5, 0.6) is 0 Å². The van der Waals surface area contributed by atoms with Crippen molar-refractivity contribution in [3.8, 4) is 33.4 Å². The quantitative estimate of drug-likeness (QED) is 0.170.